The summed E-state index contributed by atoms with van der Waals surface area (Å²) in [5.74, 6) is -0.145. The Hall–Kier alpha value is -3.42. The van der Waals surface area contributed by atoms with Gasteiger partial charge in [0.2, 0.25) is 5.95 Å². The highest BCUT2D eigenvalue weighted by Gasteiger charge is 2.31. The number of aromatic nitrogens is 3. The van der Waals surface area contributed by atoms with Gasteiger partial charge in [-0.3, -0.25) is 4.79 Å². The molecule has 35 heavy (non-hydrogen) atoms. The molecule has 0 spiro atoms. The van der Waals surface area contributed by atoms with Gasteiger partial charge in [-0.2, -0.15) is 0 Å². The Morgan fingerprint density at radius 3 is 2.74 bits per heavy atom. The smallest absolute Gasteiger partial charge is 0.406 e. The maximum Gasteiger partial charge on any atom is 0.573 e. The van der Waals surface area contributed by atoms with Crippen LogP contribution in [0.1, 0.15) is 17.3 Å². The van der Waals surface area contributed by atoms with Crippen LogP contribution in [-0.4, -0.2) is 57.8 Å². The molecular weight excluding hydrogens is 487 g/mol. The van der Waals surface area contributed by atoms with Crippen molar-refractivity contribution < 1.29 is 32.5 Å². The van der Waals surface area contributed by atoms with Crippen molar-refractivity contribution in [1.82, 2.24) is 19.9 Å². The number of nitrogens with zero attached hydrogens (tertiary/aromatic N) is 3. The van der Waals surface area contributed by atoms with Crippen molar-refractivity contribution in [2.75, 3.05) is 25.1 Å². The maximum atomic E-state index is 12.5. The van der Waals surface area contributed by atoms with Crippen LogP contribution in [-0.2, 0) is 11.8 Å². The summed E-state index contributed by atoms with van der Waals surface area (Å²) in [6, 6.07) is 9.05. The number of halogens is 3. The Morgan fingerprint density at radius 2 is 2.00 bits per heavy atom. The first-order chi connectivity index (χ1) is 16.6. The largest absolute Gasteiger partial charge is 0.573 e. The molecule has 1 amide bonds. The predicted octanol–water partition coefficient (Wildman–Crippen LogP) is 3.95. The number of imidazole rings is 1. The molecule has 0 aliphatic rings. The number of anilines is 2. The number of thiazole rings is 1. The normalized spacial score (nSPS) is 12.7. The molecule has 0 fully saturated rings. The van der Waals surface area contributed by atoms with E-state index in [9.17, 15) is 18.0 Å². The fourth-order valence-electron chi connectivity index (χ4n) is 3.28. The van der Waals surface area contributed by atoms with Crippen molar-refractivity contribution in [3.8, 4) is 5.75 Å². The van der Waals surface area contributed by atoms with Gasteiger partial charge in [0.15, 0.2) is 5.13 Å². The highest BCUT2D eigenvalue weighted by molar-refractivity contribution is 7.22. The molecule has 9 nitrogen and oxygen atoms in total. The van der Waals surface area contributed by atoms with Crippen molar-refractivity contribution in [1.29, 1.82) is 0 Å². The van der Waals surface area contributed by atoms with Crippen LogP contribution in [0.2, 0.25) is 0 Å². The topological polar surface area (TPSA) is 111 Å². The molecule has 4 rings (SSSR count). The highest BCUT2D eigenvalue weighted by Crippen LogP contribution is 2.33. The minimum absolute atomic E-state index is 0.0921. The monoisotopic (exact) mass is 509 g/mol. The molecule has 4 aromatic rings. The average Bonchev–Trinajstić information content (AvgIpc) is 3.34. The SMILES string of the molecule is C[C@H](CO)OCCNC(=O)c1ccc2c(c1)nc(Nc1nc3ccc(OC(F)(F)F)cc3s1)n2C. The zero-order valence-electron chi connectivity index (χ0n) is 18.7. The Balaban J connectivity index is 1.47. The van der Waals surface area contributed by atoms with E-state index in [0.29, 0.717) is 38.9 Å². The third-order valence-corrected chi connectivity index (χ3v) is 5.94. The molecule has 0 radical (unpaired) electrons. The number of alkyl halides is 3. The van der Waals surface area contributed by atoms with E-state index >= 15 is 0 Å². The number of amides is 1. The number of fused-ring (bicyclic) bond motifs is 2. The molecular formula is C22H22F3N5O4S. The molecule has 0 aliphatic carbocycles. The second-order valence-electron chi connectivity index (χ2n) is 7.64. The molecule has 13 heteroatoms. The van der Waals surface area contributed by atoms with E-state index in [1.165, 1.54) is 18.2 Å². The first-order valence-corrected chi connectivity index (χ1v) is 11.3. The quantitative estimate of drug-likeness (QED) is 0.293. The van der Waals surface area contributed by atoms with Gasteiger partial charge in [-0.15, -0.1) is 13.2 Å². The number of ether oxygens (including phenoxy) is 2. The molecule has 0 saturated heterocycles. The van der Waals surface area contributed by atoms with Gasteiger partial charge in [0.25, 0.3) is 5.91 Å². The third-order valence-electron chi connectivity index (χ3n) is 5.00. The molecule has 2 aromatic heterocycles. The Labute approximate surface area is 201 Å². The lowest BCUT2D eigenvalue weighted by molar-refractivity contribution is -0.274. The first kappa shape index (κ1) is 24.7. The molecule has 0 aliphatic heterocycles. The summed E-state index contributed by atoms with van der Waals surface area (Å²) in [7, 11) is 1.79. The van der Waals surface area contributed by atoms with E-state index in [-0.39, 0.29) is 31.0 Å². The molecule has 1 atom stereocenters. The lowest BCUT2D eigenvalue weighted by atomic mass is 10.2. The van der Waals surface area contributed by atoms with Gasteiger partial charge in [-0.1, -0.05) is 11.3 Å². The number of aryl methyl sites for hydroxylation is 1. The van der Waals surface area contributed by atoms with Crippen molar-refractivity contribution in [3.05, 3.63) is 42.0 Å². The Morgan fingerprint density at radius 1 is 1.20 bits per heavy atom. The third kappa shape index (κ3) is 5.99. The summed E-state index contributed by atoms with van der Waals surface area (Å²) in [6.07, 6.45) is -5.07. The minimum atomic E-state index is -4.77. The summed E-state index contributed by atoms with van der Waals surface area (Å²) in [6.45, 7) is 2.21. The second kappa shape index (κ2) is 10.1. The number of hydrogen-bond acceptors (Lipinski definition) is 8. The van der Waals surface area contributed by atoms with Crippen LogP contribution in [0.3, 0.4) is 0 Å². The summed E-state index contributed by atoms with van der Waals surface area (Å²) in [4.78, 5) is 21.4. The molecule has 2 heterocycles. The maximum absolute atomic E-state index is 12.5. The van der Waals surface area contributed by atoms with E-state index in [0.717, 1.165) is 16.9 Å². The Bertz CT molecular complexity index is 1350. The number of rotatable bonds is 9. The van der Waals surface area contributed by atoms with E-state index in [1.807, 2.05) is 0 Å². The van der Waals surface area contributed by atoms with Crippen molar-refractivity contribution in [2.45, 2.75) is 19.4 Å². The van der Waals surface area contributed by atoms with Crippen LogP contribution in [0.4, 0.5) is 24.3 Å². The summed E-state index contributed by atoms with van der Waals surface area (Å²) in [5, 5.41) is 15.2. The minimum Gasteiger partial charge on any atom is -0.406 e. The number of aliphatic hydroxyl groups excluding tert-OH is 1. The molecule has 3 N–H and O–H groups in total. The van der Waals surface area contributed by atoms with Gasteiger partial charge in [0.1, 0.15) is 5.75 Å². The average molecular weight is 510 g/mol. The van der Waals surface area contributed by atoms with Crippen LogP contribution >= 0.6 is 11.3 Å². The van der Waals surface area contributed by atoms with E-state index in [1.54, 1.807) is 36.7 Å². The van der Waals surface area contributed by atoms with E-state index < -0.39 is 6.36 Å². The summed E-state index contributed by atoms with van der Waals surface area (Å²) < 4.78 is 49.0. The Kier molecular flexibility index (Phi) is 7.10. The van der Waals surface area contributed by atoms with Crippen LogP contribution in [0.5, 0.6) is 5.75 Å². The fraction of sp³-hybridized carbons (Fsp3) is 0.318. The number of carbonyl (C=O) groups excluding carboxylic acids is 1. The van der Waals surface area contributed by atoms with Gasteiger partial charge in [0.05, 0.1) is 40.6 Å². The van der Waals surface area contributed by atoms with E-state index in [2.05, 4.69) is 25.3 Å². The number of aliphatic hydroxyl groups is 1. The van der Waals surface area contributed by atoms with Crippen LogP contribution in [0.25, 0.3) is 21.3 Å². The molecule has 2 aromatic carbocycles. The van der Waals surface area contributed by atoms with Crippen LogP contribution in [0.15, 0.2) is 36.4 Å². The van der Waals surface area contributed by atoms with E-state index in [4.69, 9.17) is 9.84 Å². The summed E-state index contributed by atoms with van der Waals surface area (Å²) in [5.41, 5.74) is 2.29. The molecule has 0 unspecified atom stereocenters. The highest BCUT2D eigenvalue weighted by atomic mass is 32.1. The zero-order valence-corrected chi connectivity index (χ0v) is 19.5. The number of carbonyl (C=O) groups is 1. The molecule has 186 valence electrons. The standard InChI is InChI=1S/C22H22F3N5O4S/c1-12(11-31)33-8-7-26-19(32)13-3-6-17-16(9-13)27-20(30(17)2)29-21-28-15-5-4-14(10-18(15)35-21)34-22(23,24)25/h3-6,9-10,12,31H,7-8,11H2,1-2H3,(H,26,32)(H,27,28,29)/t12-/m1/s1. The fourth-order valence-corrected chi connectivity index (χ4v) is 4.17. The first-order valence-electron chi connectivity index (χ1n) is 10.5. The van der Waals surface area contributed by atoms with Crippen molar-refractivity contribution in [3.63, 3.8) is 0 Å². The number of nitrogens with one attached hydrogen (secondary N) is 2. The lowest BCUT2D eigenvalue weighted by Gasteiger charge is -2.10. The van der Waals surface area contributed by atoms with Gasteiger partial charge in [0, 0.05) is 25.2 Å². The van der Waals surface area contributed by atoms with Crippen LogP contribution in [0, 0.1) is 0 Å². The van der Waals surface area contributed by atoms with Gasteiger partial charge < -0.3 is 29.8 Å². The number of hydrogen-bond donors (Lipinski definition) is 3. The predicted molar refractivity (Wildman–Crippen MR) is 125 cm³/mol. The molecule has 0 saturated carbocycles. The van der Waals surface area contributed by atoms with Gasteiger partial charge >= 0.3 is 6.36 Å². The summed E-state index contributed by atoms with van der Waals surface area (Å²) >= 11 is 1.16. The van der Waals surface area contributed by atoms with Crippen LogP contribution < -0.4 is 15.4 Å². The zero-order chi connectivity index (χ0) is 25.2. The van der Waals surface area contributed by atoms with Gasteiger partial charge in [-0.05, 0) is 37.3 Å². The molecule has 0 bridgehead atoms. The van der Waals surface area contributed by atoms with Crippen molar-refractivity contribution >= 4 is 49.6 Å². The second-order valence-corrected chi connectivity index (χ2v) is 8.67. The van der Waals surface area contributed by atoms with Crippen molar-refractivity contribution in [2.24, 2.45) is 7.05 Å². The van der Waals surface area contributed by atoms with Gasteiger partial charge in [-0.25, -0.2) is 9.97 Å². The lowest BCUT2D eigenvalue weighted by Crippen LogP contribution is -2.28. The number of benzene rings is 2.